The average Bonchev–Trinajstić information content (AvgIpc) is 3.23. The number of hydrogen-bond donors (Lipinski definition) is 0. The maximum Gasteiger partial charge on any atom is 0.253 e. The minimum Gasteiger partial charge on any atom is -0.497 e. The van der Waals surface area contributed by atoms with Crippen LogP contribution in [-0.2, 0) is 6.42 Å². The molecule has 1 saturated heterocycles. The van der Waals surface area contributed by atoms with E-state index in [0.29, 0.717) is 17.6 Å². The standard InChI is InChI=1S/C22H23N3O3/c1-27-19-9-5-8-18(15-19)21-23-20(28-24-21)14-16-10-12-25(13-11-16)22(26)17-6-3-2-4-7-17/h2-9,15-16H,10-14H2,1H3. The summed E-state index contributed by atoms with van der Waals surface area (Å²) in [6, 6.07) is 17.1. The van der Waals surface area contributed by atoms with E-state index in [2.05, 4.69) is 10.1 Å². The second-order valence-electron chi connectivity index (χ2n) is 7.05. The van der Waals surface area contributed by atoms with E-state index in [4.69, 9.17) is 9.26 Å². The number of rotatable bonds is 5. The molecular formula is C22H23N3O3. The van der Waals surface area contributed by atoms with Crippen LogP contribution in [0.25, 0.3) is 11.4 Å². The van der Waals surface area contributed by atoms with Crippen LogP contribution in [0, 0.1) is 5.92 Å². The van der Waals surface area contributed by atoms with Crippen molar-refractivity contribution >= 4 is 5.91 Å². The number of ether oxygens (including phenoxy) is 1. The number of carbonyl (C=O) groups excluding carboxylic acids is 1. The van der Waals surface area contributed by atoms with Gasteiger partial charge in [0.25, 0.3) is 5.91 Å². The highest BCUT2D eigenvalue weighted by Gasteiger charge is 2.25. The molecule has 0 radical (unpaired) electrons. The minimum atomic E-state index is 0.108. The van der Waals surface area contributed by atoms with Crippen molar-refractivity contribution in [1.82, 2.24) is 15.0 Å². The van der Waals surface area contributed by atoms with E-state index in [1.165, 1.54) is 0 Å². The van der Waals surface area contributed by atoms with Crippen LogP contribution in [0.15, 0.2) is 59.1 Å². The summed E-state index contributed by atoms with van der Waals surface area (Å²) in [5.74, 6) is 2.53. The maximum absolute atomic E-state index is 12.6. The van der Waals surface area contributed by atoms with E-state index in [1.807, 2.05) is 59.5 Å². The lowest BCUT2D eigenvalue weighted by molar-refractivity contribution is 0.0687. The van der Waals surface area contributed by atoms with Crippen molar-refractivity contribution in [2.45, 2.75) is 19.3 Å². The molecule has 144 valence electrons. The lowest BCUT2D eigenvalue weighted by Gasteiger charge is -2.31. The summed E-state index contributed by atoms with van der Waals surface area (Å²) in [4.78, 5) is 19.0. The van der Waals surface area contributed by atoms with Gasteiger partial charge in [0.2, 0.25) is 11.7 Å². The fourth-order valence-corrected chi connectivity index (χ4v) is 3.57. The van der Waals surface area contributed by atoms with Crippen molar-refractivity contribution in [3.63, 3.8) is 0 Å². The summed E-state index contributed by atoms with van der Waals surface area (Å²) in [5, 5.41) is 4.10. The first-order valence-electron chi connectivity index (χ1n) is 9.54. The molecule has 6 heteroatoms. The van der Waals surface area contributed by atoms with Crippen LogP contribution in [0.2, 0.25) is 0 Å². The predicted molar refractivity (Wildman–Crippen MR) is 105 cm³/mol. The van der Waals surface area contributed by atoms with Crippen molar-refractivity contribution in [3.8, 4) is 17.1 Å². The van der Waals surface area contributed by atoms with Crippen molar-refractivity contribution in [2.75, 3.05) is 20.2 Å². The smallest absolute Gasteiger partial charge is 0.253 e. The summed E-state index contributed by atoms with van der Waals surface area (Å²) < 4.78 is 10.7. The van der Waals surface area contributed by atoms with E-state index < -0.39 is 0 Å². The molecule has 0 N–H and O–H groups in total. The molecule has 1 fully saturated rings. The average molecular weight is 377 g/mol. The zero-order valence-corrected chi connectivity index (χ0v) is 15.9. The van der Waals surface area contributed by atoms with Crippen LogP contribution < -0.4 is 4.74 Å². The van der Waals surface area contributed by atoms with Crippen LogP contribution in [0.1, 0.15) is 29.1 Å². The largest absolute Gasteiger partial charge is 0.497 e. The third kappa shape index (κ3) is 4.06. The summed E-state index contributed by atoms with van der Waals surface area (Å²) in [6.07, 6.45) is 2.62. The van der Waals surface area contributed by atoms with Crippen molar-refractivity contribution in [2.24, 2.45) is 5.92 Å². The number of methoxy groups -OCH3 is 1. The molecule has 1 aliphatic heterocycles. The van der Waals surface area contributed by atoms with Crippen molar-refractivity contribution in [1.29, 1.82) is 0 Å². The van der Waals surface area contributed by atoms with Crippen LogP contribution in [0.3, 0.4) is 0 Å². The van der Waals surface area contributed by atoms with Gasteiger partial charge in [-0.05, 0) is 43.0 Å². The number of piperidine rings is 1. The Morgan fingerprint density at radius 1 is 1.14 bits per heavy atom. The number of benzene rings is 2. The molecule has 0 bridgehead atoms. The lowest BCUT2D eigenvalue weighted by atomic mass is 9.93. The number of nitrogens with zero attached hydrogens (tertiary/aromatic N) is 3. The predicted octanol–water partition coefficient (Wildman–Crippen LogP) is 3.84. The first kappa shape index (κ1) is 18.2. The Hall–Kier alpha value is -3.15. The summed E-state index contributed by atoms with van der Waals surface area (Å²) in [7, 11) is 1.63. The molecule has 0 spiro atoms. The number of aromatic nitrogens is 2. The molecular weight excluding hydrogens is 354 g/mol. The van der Waals surface area contributed by atoms with Crippen LogP contribution in [0.5, 0.6) is 5.75 Å². The maximum atomic E-state index is 12.6. The number of amides is 1. The fourth-order valence-electron chi connectivity index (χ4n) is 3.57. The molecule has 0 saturated carbocycles. The normalized spacial score (nSPS) is 14.8. The highest BCUT2D eigenvalue weighted by atomic mass is 16.5. The van der Waals surface area contributed by atoms with Crippen LogP contribution in [-0.4, -0.2) is 41.1 Å². The lowest BCUT2D eigenvalue weighted by Crippen LogP contribution is -2.38. The van der Waals surface area contributed by atoms with Gasteiger partial charge in [-0.1, -0.05) is 35.5 Å². The molecule has 0 unspecified atom stereocenters. The molecule has 2 aromatic carbocycles. The molecule has 6 nitrogen and oxygen atoms in total. The Bertz CT molecular complexity index is 931. The molecule has 1 aromatic heterocycles. The van der Waals surface area contributed by atoms with Gasteiger partial charge in [-0.15, -0.1) is 0 Å². The second-order valence-corrected chi connectivity index (χ2v) is 7.05. The molecule has 2 heterocycles. The van der Waals surface area contributed by atoms with Gasteiger partial charge in [-0.25, -0.2) is 0 Å². The highest BCUT2D eigenvalue weighted by molar-refractivity contribution is 5.94. The van der Waals surface area contributed by atoms with E-state index >= 15 is 0 Å². The van der Waals surface area contributed by atoms with Gasteiger partial charge in [0.1, 0.15) is 5.75 Å². The Balaban J connectivity index is 1.34. The zero-order chi connectivity index (χ0) is 19.3. The summed E-state index contributed by atoms with van der Waals surface area (Å²) in [6.45, 7) is 1.52. The van der Waals surface area contributed by atoms with E-state index in [0.717, 1.165) is 49.2 Å². The molecule has 3 aromatic rings. The Kier molecular flexibility index (Phi) is 5.37. The van der Waals surface area contributed by atoms with E-state index in [1.54, 1.807) is 7.11 Å². The van der Waals surface area contributed by atoms with Crippen LogP contribution in [0.4, 0.5) is 0 Å². The number of hydrogen-bond acceptors (Lipinski definition) is 5. The third-order valence-electron chi connectivity index (χ3n) is 5.18. The third-order valence-corrected chi connectivity index (χ3v) is 5.18. The van der Waals surface area contributed by atoms with Gasteiger partial charge in [-0.2, -0.15) is 4.98 Å². The molecule has 0 atom stereocenters. The van der Waals surface area contributed by atoms with Gasteiger partial charge in [-0.3, -0.25) is 4.79 Å². The number of likely N-dealkylation sites (tertiary alicyclic amines) is 1. The molecule has 1 aliphatic rings. The second kappa shape index (κ2) is 8.25. The molecule has 4 rings (SSSR count). The quantitative estimate of drug-likeness (QED) is 0.676. The zero-order valence-electron chi connectivity index (χ0n) is 15.9. The van der Waals surface area contributed by atoms with Crippen molar-refractivity contribution < 1.29 is 14.1 Å². The minimum absolute atomic E-state index is 0.108. The topological polar surface area (TPSA) is 68.5 Å². The van der Waals surface area contributed by atoms with E-state index in [9.17, 15) is 4.79 Å². The van der Waals surface area contributed by atoms with Gasteiger partial charge in [0.15, 0.2) is 0 Å². The highest BCUT2D eigenvalue weighted by Crippen LogP contribution is 2.25. The summed E-state index contributed by atoms with van der Waals surface area (Å²) in [5.41, 5.74) is 1.62. The van der Waals surface area contributed by atoms with Gasteiger partial charge >= 0.3 is 0 Å². The van der Waals surface area contributed by atoms with Gasteiger partial charge in [0, 0.05) is 30.6 Å². The van der Waals surface area contributed by atoms with Crippen molar-refractivity contribution in [3.05, 3.63) is 66.1 Å². The first-order valence-corrected chi connectivity index (χ1v) is 9.54. The SMILES string of the molecule is COc1cccc(-c2noc(CC3CCN(C(=O)c4ccccc4)CC3)n2)c1. The molecule has 0 aliphatic carbocycles. The Labute approximate surface area is 164 Å². The fraction of sp³-hybridized carbons (Fsp3) is 0.318. The Morgan fingerprint density at radius 3 is 2.68 bits per heavy atom. The summed E-state index contributed by atoms with van der Waals surface area (Å²) >= 11 is 0. The van der Waals surface area contributed by atoms with Crippen LogP contribution >= 0.6 is 0 Å². The monoisotopic (exact) mass is 377 g/mol. The Morgan fingerprint density at radius 2 is 1.93 bits per heavy atom. The van der Waals surface area contributed by atoms with Gasteiger partial charge in [0.05, 0.1) is 7.11 Å². The first-order chi connectivity index (χ1) is 13.7. The number of carbonyl (C=O) groups is 1. The van der Waals surface area contributed by atoms with E-state index in [-0.39, 0.29) is 5.91 Å². The van der Waals surface area contributed by atoms with Gasteiger partial charge < -0.3 is 14.2 Å². The molecule has 1 amide bonds. The molecule has 28 heavy (non-hydrogen) atoms.